The fourth-order valence-electron chi connectivity index (χ4n) is 1.56. The van der Waals surface area contributed by atoms with Gasteiger partial charge in [0.25, 0.3) is 0 Å². The van der Waals surface area contributed by atoms with E-state index in [0.29, 0.717) is 12.1 Å². The van der Waals surface area contributed by atoms with E-state index in [4.69, 9.17) is 5.73 Å². The Bertz CT molecular complexity index is 451. The van der Waals surface area contributed by atoms with Crippen LogP contribution in [0.25, 0.3) is 0 Å². The third kappa shape index (κ3) is 8.15. The van der Waals surface area contributed by atoms with Crippen LogP contribution >= 0.6 is 35.7 Å². The number of aliphatic imine (C=N–C) groups is 1. The van der Waals surface area contributed by atoms with Crippen LogP contribution in [0.5, 0.6) is 0 Å². The average Bonchev–Trinajstić information content (AvgIpc) is 2.45. The number of carbonyl (C=O) groups is 1. The van der Waals surface area contributed by atoms with Gasteiger partial charge in [-0.15, -0.1) is 24.0 Å². The quantitative estimate of drug-likeness (QED) is 0.271. The lowest BCUT2D eigenvalue weighted by molar-refractivity contribution is 0.100. The molecular formula is C14H23IN4OS. The summed E-state index contributed by atoms with van der Waals surface area (Å²) < 4.78 is 0. The van der Waals surface area contributed by atoms with Crippen LogP contribution in [-0.2, 0) is 6.54 Å². The molecule has 1 aromatic carbocycles. The molecule has 0 aliphatic rings. The molecule has 0 unspecified atom stereocenters. The molecule has 118 valence electrons. The van der Waals surface area contributed by atoms with Crippen LogP contribution in [0.1, 0.15) is 22.8 Å². The molecule has 0 saturated carbocycles. The van der Waals surface area contributed by atoms with E-state index in [0.717, 1.165) is 30.4 Å². The summed E-state index contributed by atoms with van der Waals surface area (Å²) in [6.07, 6.45) is 2.08. The van der Waals surface area contributed by atoms with Gasteiger partial charge in [-0.05, 0) is 30.9 Å². The fraction of sp³-hybridized carbons (Fsp3) is 0.429. The second kappa shape index (κ2) is 11.7. The van der Waals surface area contributed by atoms with Crippen molar-refractivity contribution >= 4 is 47.6 Å². The zero-order valence-electron chi connectivity index (χ0n) is 12.4. The summed E-state index contributed by atoms with van der Waals surface area (Å²) >= 11 is 1.79. The number of hydrogen-bond acceptors (Lipinski definition) is 3. The number of amides is 1. The Labute approximate surface area is 147 Å². The van der Waals surface area contributed by atoms with E-state index in [9.17, 15) is 4.79 Å². The minimum Gasteiger partial charge on any atom is -0.366 e. The van der Waals surface area contributed by atoms with Gasteiger partial charge in [-0.1, -0.05) is 12.1 Å². The van der Waals surface area contributed by atoms with Crippen LogP contribution in [0, 0.1) is 0 Å². The van der Waals surface area contributed by atoms with Gasteiger partial charge in [-0.25, -0.2) is 4.99 Å². The molecule has 0 radical (unpaired) electrons. The molecule has 0 spiro atoms. The van der Waals surface area contributed by atoms with E-state index in [1.165, 1.54) is 0 Å². The standard InChI is InChI=1S/C14H22N4OS.HI/c1-3-16-14(17-8-9-20-2)18-10-11-4-6-12(7-5-11)13(15)19;/h4-7H,3,8-10H2,1-2H3,(H2,15,19)(H2,16,17,18);1H. The van der Waals surface area contributed by atoms with E-state index in [1.54, 1.807) is 23.9 Å². The highest BCUT2D eigenvalue weighted by Gasteiger charge is 2.00. The molecule has 0 aromatic heterocycles. The molecule has 7 heteroatoms. The molecule has 0 fully saturated rings. The van der Waals surface area contributed by atoms with E-state index in [2.05, 4.69) is 21.9 Å². The second-order valence-electron chi connectivity index (χ2n) is 4.18. The Morgan fingerprint density at radius 3 is 2.48 bits per heavy atom. The second-order valence-corrected chi connectivity index (χ2v) is 5.16. The molecule has 5 nitrogen and oxygen atoms in total. The first-order valence-electron chi connectivity index (χ1n) is 6.57. The van der Waals surface area contributed by atoms with Crippen LogP contribution in [0.4, 0.5) is 0 Å². The Morgan fingerprint density at radius 1 is 1.29 bits per heavy atom. The van der Waals surface area contributed by atoms with Gasteiger partial charge in [-0.3, -0.25) is 4.79 Å². The van der Waals surface area contributed by atoms with Crippen molar-refractivity contribution in [2.45, 2.75) is 13.5 Å². The number of nitrogens with two attached hydrogens (primary N) is 1. The zero-order chi connectivity index (χ0) is 14.8. The molecule has 0 heterocycles. The highest BCUT2D eigenvalue weighted by Crippen LogP contribution is 2.05. The Morgan fingerprint density at radius 2 is 1.95 bits per heavy atom. The van der Waals surface area contributed by atoms with Gasteiger partial charge < -0.3 is 16.4 Å². The van der Waals surface area contributed by atoms with Crippen molar-refractivity contribution in [3.8, 4) is 0 Å². The Hall–Kier alpha value is -0.960. The monoisotopic (exact) mass is 422 g/mol. The van der Waals surface area contributed by atoms with Crippen LogP contribution in [0.2, 0.25) is 0 Å². The van der Waals surface area contributed by atoms with E-state index < -0.39 is 5.91 Å². The largest absolute Gasteiger partial charge is 0.366 e. The number of guanidine groups is 1. The molecule has 21 heavy (non-hydrogen) atoms. The van der Waals surface area contributed by atoms with Crippen molar-refractivity contribution < 1.29 is 4.79 Å². The van der Waals surface area contributed by atoms with Crippen LogP contribution < -0.4 is 16.4 Å². The minimum absolute atomic E-state index is 0. The maximum absolute atomic E-state index is 11.0. The lowest BCUT2D eigenvalue weighted by atomic mass is 10.1. The molecular weight excluding hydrogens is 399 g/mol. The molecule has 1 aromatic rings. The number of nitrogens with one attached hydrogen (secondary N) is 2. The number of hydrogen-bond donors (Lipinski definition) is 3. The van der Waals surface area contributed by atoms with Gasteiger partial charge in [0.2, 0.25) is 5.91 Å². The molecule has 0 bridgehead atoms. The third-order valence-corrected chi connectivity index (χ3v) is 3.21. The van der Waals surface area contributed by atoms with Crippen LogP contribution in [-0.4, -0.2) is 37.0 Å². The average molecular weight is 422 g/mol. The van der Waals surface area contributed by atoms with Gasteiger partial charge in [0, 0.05) is 24.4 Å². The summed E-state index contributed by atoms with van der Waals surface area (Å²) in [5, 5.41) is 6.46. The molecule has 1 amide bonds. The van der Waals surface area contributed by atoms with Crippen molar-refractivity contribution in [2.75, 3.05) is 25.1 Å². The summed E-state index contributed by atoms with van der Waals surface area (Å²) in [5.74, 6) is 1.44. The van der Waals surface area contributed by atoms with Crippen LogP contribution in [0.15, 0.2) is 29.3 Å². The van der Waals surface area contributed by atoms with Gasteiger partial charge in [0.15, 0.2) is 5.96 Å². The van der Waals surface area contributed by atoms with Gasteiger partial charge >= 0.3 is 0 Å². The first-order valence-corrected chi connectivity index (χ1v) is 7.96. The highest BCUT2D eigenvalue weighted by molar-refractivity contribution is 14.0. The van der Waals surface area contributed by atoms with Crippen LogP contribution in [0.3, 0.4) is 0 Å². The predicted octanol–water partition coefficient (Wildman–Crippen LogP) is 1.82. The maximum atomic E-state index is 11.0. The van der Waals surface area contributed by atoms with Gasteiger partial charge in [0.1, 0.15) is 0 Å². The topological polar surface area (TPSA) is 79.5 Å². The van der Waals surface area contributed by atoms with E-state index in [-0.39, 0.29) is 24.0 Å². The van der Waals surface area contributed by atoms with Gasteiger partial charge in [-0.2, -0.15) is 11.8 Å². The zero-order valence-corrected chi connectivity index (χ0v) is 15.5. The summed E-state index contributed by atoms with van der Waals surface area (Å²) in [4.78, 5) is 15.5. The molecule has 0 aliphatic carbocycles. The Balaban J connectivity index is 0.00000400. The Kier molecular flexibility index (Phi) is 11.1. The smallest absolute Gasteiger partial charge is 0.248 e. The molecule has 1 rings (SSSR count). The van der Waals surface area contributed by atoms with E-state index >= 15 is 0 Å². The minimum atomic E-state index is -0.410. The van der Waals surface area contributed by atoms with Gasteiger partial charge in [0.05, 0.1) is 6.54 Å². The number of benzene rings is 1. The lowest BCUT2D eigenvalue weighted by Crippen LogP contribution is -2.38. The summed E-state index contributed by atoms with van der Waals surface area (Å²) in [6.45, 7) is 4.31. The number of carbonyl (C=O) groups excluding carboxylic acids is 1. The van der Waals surface area contributed by atoms with E-state index in [1.807, 2.05) is 19.1 Å². The number of nitrogens with zero attached hydrogens (tertiary/aromatic N) is 1. The SMILES string of the molecule is CCNC(=NCc1ccc(C(N)=O)cc1)NCCSC.I. The highest BCUT2D eigenvalue weighted by atomic mass is 127. The summed E-state index contributed by atoms with van der Waals surface area (Å²) in [5.41, 5.74) is 6.76. The third-order valence-electron chi connectivity index (χ3n) is 2.60. The first kappa shape index (κ1) is 20.0. The molecule has 0 atom stereocenters. The van der Waals surface area contributed by atoms with Crippen molar-refractivity contribution in [1.29, 1.82) is 0 Å². The summed E-state index contributed by atoms with van der Waals surface area (Å²) in [7, 11) is 0. The van der Waals surface area contributed by atoms with Crippen molar-refractivity contribution in [3.05, 3.63) is 35.4 Å². The van der Waals surface area contributed by atoms with Crippen molar-refractivity contribution in [2.24, 2.45) is 10.7 Å². The number of primary amides is 1. The first-order chi connectivity index (χ1) is 9.67. The normalized spacial score (nSPS) is 10.7. The molecule has 0 saturated heterocycles. The number of halogens is 1. The number of rotatable bonds is 7. The lowest BCUT2D eigenvalue weighted by Gasteiger charge is -2.10. The van der Waals surface area contributed by atoms with Crippen molar-refractivity contribution in [3.63, 3.8) is 0 Å². The molecule has 4 N–H and O–H groups in total. The number of thioether (sulfide) groups is 1. The van der Waals surface area contributed by atoms with Crippen molar-refractivity contribution in [1.82, 2.24) is 10.6 Å². The maximum Gasteiger partial charge on any atom is 0.248 e. The summed E-state index contributed by atoms with van der Waals surface area (Å²) in [6, 6.07) is 7.19. The predicted molar refractivity (Wildman–Crippen MR) is 102 cm³/mol. The molecule has 0 aliphatic heterocycles. The fourth-order valence-corrected chi connectivity index (χ4v) is 1.86.